The van der Waals surface area contributed by atoms with E-state index in [1.165, 1.54) is 4.88 Å². The van der Waals surface area contributed by atoms with Gasteiger partial charge in [-0.2, -0.15) is 0 Å². The summed E-state index contributed by atoms with van der Waals surface area (Å²) >= 11 is 1.73. The number of benzene rings is 1. The van der Waals surface area contributed by atoms with Crippen molar-refractivity contribution in [1.29, 1.82) is 0 Å². The second kappa shape index (κ2) is 6.90. The number of amides is 1. The van der Waals surface area contributed by atoms with Crippen LogP contribution in [0.3, 0.4) is 0 Å². The predicted molar refractivity (Wildman–Crippen MR) is 91.3 cm³/mol. The van der Waals surface area contributed by atoms with E-state index in [0.717, 1.165) is 23.2 Å². The molecule has 0 saturated carbocycles. The first-order chi connectivity index (χ1) is 9.99. The number of thiophene rings is 1. The molecule has 2 aromatic rings. The first-order valence-electron chi connectivity index (χ1n) is 7.43. The largest absolute Gasteiger partial charge is 0.321 e. The van der Waals surface area contributed by atoms with Gasteiger partial charge in [-0.3, -0.25) is 4.79 Å². The van der Waals surface area contributed by atoms with Crippen LogP contribution in [0.4, 0.5) is 5.69 Å². The van der Waals surface area contributed by atoms with Gasteiger partial charge < -0.3 is 5.32 Å². The number of carbonyl (C=O) groups excluding carboxylic acids is 1. The molecule has 0 aliphatic carbocycles. The Morgan fingerprint density at radius 1 is 1.19 bits per heavy atom. The lowest BCUT2D eigenvalue weighted by molar-refractivity contribution is 0.102. The highest BCUT2D eigenvalue weighted by Crippen LogP contribution is 2.34. The zero-order chi connectivity index (χ0) is 15.4. The van der Waals surface area contributed by atoms with E-state index < -0.39 is 0 Å². The molecule has 0 saturated heterocycles. The minimum absolute atomic E-state index is 0.0236. The fraction of sp³-hybridized carbons (Fsp3) is 0.389. The molecular formula is C18H23NOS. The van der Waals surface area contributed by atoms with Crippen molar-refractivity contribution in [3.63, 3.8) is 0 Å². The molecule has 2 nitrogen and oxygen atoms in total. The molecule has 0 fully saturated rings. The molecule has 0 bridgehead atoms. The first kappa shape index (κ1) is 15.8. The molecule has 0 spiro atoms. The zero-order valence-corrected chi connectivity index (χ0v) is 14.0. The predicted octanol–water partition coefficient (Wildman–Crippen LogP) is 5.46. The number of aryl methyl sites for hydroxylation is 1. The maximum absolute atomic E-state index is 12.4. The van der Waals surface area contributed by atoms with E-state index >= 15 is 0 Å². The highest BCUT2D eigenvalue weighted by Gasteiger charge is 2.16. The van der Waals surface area contributed by atoms with Gasteiger partial charge in [0.15, 0.2) is 0 Å². The Labute approximate surface area is 131 Å². The van der Waals surface area contributed by atoms with Crippen molar-refractivity contribution in [3.8, 4) is 0 Å². The number of carbonyl (C=O) groups is 1. The molecule has 1 heterocycles. The van der Waals surface area contributed by atoms with Crippen molar-refractivity contribution < 1.29 is 4.79 Å². The number of anilines is 1. The maximum atomic E-state index is 12.4. The van der Waals surface area contributed by atoms with Crippen LogP contribution in [-0.4, -0.2) is 5.91 Å². The van der Waals surface area contributed by atoms with Crippen molar-refractivity contribution in [2.24, 2.45) is 5.92 Å². The van der Waals surface area contributed by atoms with Crippen LogP contribution in [0.25, 0.3) is 0 Å². The van der Waals surface area contributed by atoms with Crippen LogP contribution in [0.2, 0.25) is 0 Å². The van der Waals surface area contributed by atoms with Gasteiger partial charge in [0.25, 0.3) is 5.91 Å². The molecule has 1 unspecified atom stereocenters. The Morgan fingerprint density at radius 2 is 1.90 bits per heavy atom. The Kier molecular flexibility index (Phi) is 5.18. The first-order valence-corrected chi connectivity index (χ1v) is 8.31. The standard InChI is InChI=1S/C18H23NOS/c1-12(2)11-14(4)17-16(9-10-21-17)19-18(20)15-8-6-5-7-13(15)3/h5-10,12,14H,11H2,1-4H3,(H,19,20). The zero-order valence-electron chi connectivity index (χ0n) is 13.1. The monoisotopic (exact) mass is 301 g/mol. The molecule has 0 radical (unpaired) electrons. The number of nitrogens with one attached hydrogen (secondary N) is 1. The summed E-state index contributed by atoms with van der Waals surface area (Å²) in [5, 5.41) is 5.13. The summed E-state index contributed by atoms with van der Waals surface area (Å²) in [5.41, 5.74) is 2.70. The van der Waals surface area contributed by atoms with Crippen LogP contribution in [-0.2, 0) is 0 Å². The highest BCUT2D eigenvalue weighted by molar-refractivity contribution is 7.10. The van der Waals surface area contributed by atoms with E-state index in [4.69, 9.17) is 0 Å². The average molecular weight is 301 g/mol. The van der Waals surface area contributed by atoms with Crippen LogP contribution in [0, 0.1) is 12.8 Å². The smallest absolute Gasteiger partial charge is 0.255 e. The minimum Gasteiger partial charge on any atom is -0.321 e. The summed E-state index contributed by atoms with van der Waals surface area (Å²) in [4.78, 5) is 13.7. The van der Waals surface area contributed by atoms with Gasteiger partial charge in [-0.25, -0.2) is 0 Å². The van der Waals surface area contributed by atoms with Gasteiger partial charge in [-0.05, 0) is 48.3 Å². The van der Waals surface area contributed by atoms with E-state index in [-0.39, 0.29) is 5.91 Å². The van der Waals surface area contributed by atoms with Crippen molar-refractivity contribution in [2.45, 2.75) is 40.0 Å². The second-order valence-electron chi connectivity index (χ2n) is 6.00. The lowest BCUT2D eigenvalue weighted by atomic mass is 9.97. The summed E-state index contributed by atoms with van der Waals surface area (Å²) in [6, 6.07) is 9.69. The summed E-state index contributed by atoms with van der Waals surface area (Å²) in [6.07, 6.45) is 1.13. The van der Waals surface area contributed by atoms with Crippen LogP contribution < -0.4 is 5.32 Å². The van der Waals surface area contributed by atoms with Crippen LogP contribution in [0.1, 0.15) is 53.9 Å². The van der Waals surface area contributed by atoms with E-state index in [1.54, 1.807) is 11.3 Å². The fourth-order valence-corrected chi connectivity index (χ4v) is 3.56. The molecule has 0 aliphatic heterocycles. The average Bonchev–Trinajstić information content (AvgIpc) is 2.86. The van der Waals surface area contributed by atoms with Crippen molar-refractivity contribution in [2.75, 3.05) is 5.32 Å². The molecular weight excluding hydrogens is 278 g/mol. The van der Waals surface area contributed by atoms with Gasteiger partial charge in [0.2, 0.25) is 0 Å². The topological polar surface area (TPSA) is 29.1 Å². The molecule has 3 heteroatoms. The Morgan fingerprint density at radius 3 is 2.57 bits per heavy atom. The van der Waals surface area contributed by atoms with E-state index in [1.807, 2.05) is 37.3 Å². The van der Waals surface area contributed by atoms with Gasteiger partial charge >= 0.3 is 0 Å². The van der Waals surface area contributed by atoms with Crippen LogP contribution >= 0.6 is 11.3 Å². The highest BCUT2D eigenvalue weighted by atomic mass is 32.1. The molecule has 0 aliphatic rings. The van der Waals surface area contributed by atoms with Gasteiger partial charge in [0, 0.05) is 10.4 Å². The quantitative estimate of drug-likeness (QED) is 0.780. The van der Waals surface area contributed by atoms with Gasteiger partial charge in [0.05, 0.1) is 5.69 Å². The molecule has 112 valence electrons. The lowest BCUT2D eigenvalue weighted by Crippen LogP contribution is -2.14. The fourth-order valence-electron chi connectivity index (χ4n) is 2.64. The summed E-state index contributed by atoms with van der Waals surface area (Å²) in [5.74, 6) is 1.10. The van der Waals surface area contributed by atoms with Crippen molar-refractivity contribution in [3.05, 3.63) is 51.7 Å². The van der Waals surface area contributed by atoms with Gasteiger partial charge in [-0.1, -0.05) is 39.0 Å². The Bertz CT molecular complexity index is 615. The van der Waals surface area contributed by atoms with Crippen LogP contribution in [0.15, 0.2) is 35.7 Å². The van der Waals surface area contributed by atoms with Crippen LogP contribution in [0.5, 0.6) is 0 Å². The van der Waals surface area contributed by atoms with E-state index in [9.17, 15) is 4.79 Å². The van der Waals surface area contributed by atoms with Crippen molar-refractivity contribution >= 4 is 22.9 Å². The van der Waals surface area contributed by atoms with Crippen molar-refractivity contribution in [1.82, 2.24) is 0 Å². The molecule has 1 amide bonds. The third-order valence-corrected chi connectivity index (χ3v) is 4.75. The number of hydrogen-bond acceptors (Lipinski definition) is 2. The molecule has 1 aromatic carbocycles. The summed E-state index contributed by atoms with van der Waals surface area (Å²) in [7, 11) is 0. The third kappa shape index (κ3) is 3.94. The number of rotatable bonds is 5. The molecule has 1 N–H and O–H groups in total. The summed E-state index contributed by atoms with van der Waals surface area (Å²) < 4.78 is 0. The van der Waals surface area contributed by atoms with E-state index in [2.05, 4.69) is 31.5 Å². The normalized spacial score (nSPS) is 12.4. The maximum Gasteiger partial charge on any atom is 0.255 e. The molecule has 2 rings (SSSR count). The van der Waals surface area contributed by atoms with Gasteiger partial charge in [0.1, 0.15) is 0 Å². The second-order valence-corrected chi connectivity index (χ2v) is 6.95. The SMILES string of the molecule is Cc1ccccc1C(=O)Nc1ccsc1C(C)CC(C)C. The molecule has 1 atom stereocenters. The Hall–Kier alpha value is -1.61. The Balaban J connectivity index is 2.16. The van der Waals surface area contributed by atoms with Gasteiger partial charge in [-0.15, -0.1) is 11.3 Å². The lowest BCUT2D eigenvalue weighted by Gasteiger charge is -2.15. The minimum atomic E-state index is -0.0236. The molecule has 1 aromatic heterocycles. The molecule has 21 heavy (non-hydrogen) atoms. The number of hydrogen-bond donors (Lipinski definition) is 1. The third-order valence-electron chi connectivity index (χ3n) is 3.61. The summed E-state index contributed by atoms with van der Waals surface area (Å²) in [6.45, 7) is 8.66. The van der Waals surface area contributed by atoms with E-state index in [0.29, 0.717) is 11.8 Å².